The van der Waals surface area contributed by atoms with E-state index in [0.717, 1.165) is 53.3 Å². The van der Waals surface area contributed by atoms with Gasteiger partial charge in [0, 0.05) is 42.5 Å². The summed E-state index contributed by atoms with van der Waals surface area (Å²) in [5.41, 5.74) is 1.15. The molecule has 0 spiro atoms. The number of carbonyl (C=O) groups is 1. The maximum Gasteiger partial charge on any atom is 0.241 e. The summed E-state index contributed by atoms with van der Waals surface area (Å²) < 4.78 is 11.6. The van der Waals surface area contributed by atoms with Gasteiger partial charge in [-0.15, -0.1) is 11.3 Å². The number of halogens is 1. The second kappa shape index (κ2) is 9.72. The fourth-order valence-electron chi connectivity index (χ4n) is 3.40. The molecule has 9 heteroatoms. The first kappa shape index (κ1) is 21.0. The van der Waals surface area contributed by atoms with Crippen LogP contribution in [0.2, 0.25) is 0 Å². The first-order chi connectivity index (χ1) is 14.6. The molecule has 2 aromatic heterocycles. The van der Waals surface area contributed by atoms with Gasteiger partial charge in [0.05, 0.1) is 18.5 Å². The highest BCUT2D eigenvalue weighted by Crippen LogP contribution is 2.27. The Morgan fingerprint density at radius 1 is 1.23 bits per heavy atom. The third-order valence-corrected chi connectivity index (χ3v) is 6.81. The van der Waals surface area contributed by atoms with Crippen LogP contribution in [-0.2, 0) is 17.8 Å². The zero-order valence-corrected chi connectivity index (χ0v) is 19.1. The summed E-state index contributed by atoms with van der Waals surface area (Å²) in [6, 6.07) is 9.86. The minimum atomic E-state index is 0.203. The molecule has 1 fully saturated rings. The summed E-state index contributed by atoms with van der Waals surface area (Å²) in [7, 11) is 1.65. The molecule has 158 valence electrons. The maximum absolute atomic E-state index is 12.6. The number of aryl methyl sites for hydroxylation is 1. The monoisotopic (exact) mass is 490 g/mol. The van der Waals surface area contributed by atoms with Crippen LogP contribution < -0.4 is 4.74 Å². The highest BCUT2D eigenvalue weighted by molar-refractivity contribution is 9.10. The van der Waals surface area contributed by atoms with Gasteiger partial charge in [-0.3, -0.25) is 9.69 Å². The van der Waals surface area contributed by atoms with Crippen LogP contribution >= 0.6 is 27.3 Å². The van der Waals surface area contributed by atoms with E-state index in [9.17, 15) is 4.79 Å². The molecule has 0 saturated carbocycles. The summed E-state index contributed by atoms with van der Waals surface area (Å²) in [5.74, 6) is 2.26. The fraction of sp³-hybridized carbons (Fsp3) is 0.381. The van der Waals surface area contributed by atoms with E-state index in [-0.39, 0.29) is 5.91 Å². The molecule has 0 radical (unpaired) electrons. The molecule has 0 bridgehead atoms. The average molecular weight is 491 g/mol. The number of rotatable bonds is 7. The molecule has 0 atom stereocenters. The average Bonchev–Trinajstić information content (AvgIpc) is 3.42. The largest absolute Gasteiger partial charge is 0.497 e. The molecule has 7 nitrogen and oxygen atoms in total. The predicted molar refractivity (Wildman–Crippen MR) is 118 cm³/mol. The number of thiophene rings is 1. The lowest BCUT2D eigenvalue weighted by molar-refractivity contribution is -0.133. The molecule has 0 unspecified atom stereocenters. The van der Waals surface area contributed by atoms with Gasteiger partial charge in [-0.2, -0.15) is 4.98 Å². The predicted octanol–water partition coefficient (Wildman–Crippen LogP) is 3.85. The number of carbonyl (C=O) groups excluding carboxylic acids is 1. The van der Waals surface area contributed by atoms with Crippen LogP contribution in [0.3, 0.4) is 0 Å². The maximum atomic E-state index is 12.6. The van der Waals surface area contributed by atoms with Crippen molar-refractivity contribution in [3.05, 3.63) is 51.6 Å². The molecule has 3 heterocycles. The van der Waals surface area contributed by atoms with Gasteiger partial charge in [0.2, 0.25) is 17.6 Å². The number of nitrogens with zero attached hydrogens (tertiary/aromatic N) is 4. The van der Waals surface area contributed by atoms with Crippen molar-refractivity contribution in [1.82, 2.24) is 19.9 Å². The number of methoxy groups -OCH3 is 1. The van der Waals surface area contributed by atoms with Crippen LogP contribution in [0, 0.1) is 0 Å². The first-order valence-corrected chi connectivity index (χ1v) is 11.5. The third-order valence-electron chi connectivity index (χ3n) is 5.13. The second-order valence-corrected chi connectivity index (χ2v) is 8.97. The number of aromatic nitrogens is 2. The summed E-state index contributed by atoms with van der Waals surface area (Å²) >= 11 is 5.02. The van der Waals surface area contributed by atoms with Crippen LogP contribution in [0.15, 0.2) is 44.7 Å². The molecule has 0 N–H and O–H groups in total. The van der Waals surface area contributed by atoms with Gasteiger partial charge in [-0.05, 0) is 46.1 Å². The van der Waals surface area contributed by atoms with Gasteiger partial charge in [0.25, 0.3) is 0 Å². The van der Waals surface area contributed by atoms with E-state index < -0.39 is 0 Å². The molecular weight excluding hydrogens is 468 g/mol. The topological polar surface area (TPSA) is 71.7 Å². The first-order valence-electron chi connectivity index (χ1n) is 9.81. The Balaban J connectivity index is 1.22. The van der Waals surface area contributed by atoms with E-state index in [1.54, 1.807) is 18.4 Å². The molecular formula is C21H23BrN4O3S. The lowest BCUT2D eigenvalue weighted by Gasteiger charge is -2.34. The summed E-state index contributed by atoms with van der Waals surface area (Å²) in [5, 5.41) is 6.07. The Kier molecular flexibility index (Phi) is 6.81. The van der Waals surface area contributed by atoms with E-state index in [2.05, 4.69) is 31.0 Å². The number of benzene rings is 1. The molecule has 3 aromatic rings. The summed E-state index contributed by atoms with van der Waals surface area (Å²) in [6.07, 6.45) is 1.27. The number of amides is 1. The van der Waals surface area contributed by atoms with Crippen molar-refractivity contribution in [3.63, 3.8) is 0 Å². The standard InChI is InChI=1S/C21H23BrN4O3S/c1-28-17-5-2-15(3-6-17)4-7-20(27)26-10-8-25(9-11-26)13-19-23-21(24-29-19)18-12-16(22)14-30-18/h2-3,5-6,12,14H,4,7-11,13H2,1H3. The van der Waals surface area contributed by atoms with Gasteiger partial charge in [-0.25, -0.2) is 0 Å². The Morgan fingerprint density at radius 3 is 2.67 bits per heavy atom. The van der Waals surface area contributed by atoms with Gasteiger partial charge in [0.15, 0.2) is 0 Å². The van der Waals surface area contributed by atoms with Crippen LogP contribution in [0.5, 0.6) is 5.75 Å². The lowest BCUT2D eigenvalue weighted by Crippen LogP contribution is -2.48. The zero-order chi connectivity index (χ0) is 20.9. The minimum Gasteiger partial charge on any atom is -0.497 e. The van der Waals surface area contributed by atoms with E-state index in [0.29, 0.717) is 24.7 Å². The molecule has 30 heavy (non-hydrogen) atoms. The number of hydrogen-bond acceptors (Lipinski definition) is 7. The Morgan fingerprint density at radius 2 is 2.00 bits per heavy atom. The quantitative estimate of drug-likeness (QED) is 0.500. The molecule has 1 aromatic carbocycles. The number of hydrogen-bond donors (Lipinski definition) is 0. The SMILES string of the molecule is COc1ccc(CCC(=O)N2CCN(Cc3nc(-c4cc(Br)cs4)no3)CC2)cc1. The second-order valence-electron chi connectivity index (χ2n) is 7.15. The van der Waals surface area contributed by atoms with Crippen molar-refractivity contribution in [2.45, 2.75) is 19.4 Å². The van der Waals surface area contributed by atoms with E-state index in [4.69, 9.17) is 9.26 Å². The zero-order valence-electron chi connectivity index (χ0n) is 16.7. The van der Waals surface area contributed by atoms with Gasteiger partial charge < -0.3 is 14.2 Å². The van der Waals surface area contributed by atoms with Crippen LogP contribution in [0.1, 0.15) is 17.9 Å². The number of piperazine rings is 1. The molecule has 0 aliphatic carbocycles. The molecule has 4 rings (SSSR count). The molecule has 1 aliphatic rings. The van der Waals surface area contributed by atoms with Gasteiger partial charge in [-0.1, -0.05) is 17.3 Å². The minimum absolute atomic E-state index is 0.203. The van der Waals surface area contributed by atoms with E-state index in [1.807, 2.05) is 40.6 Å². The summed E-state index contributed by atoms with van der Waals surface area (Å²) in [6.45, 7) is 3.65. The van der Waals surface area contributed by atoms with Crippen molar-refractivity contribution >= 4 is 33.2 Å². The fourth-order valence-corrected chi connectivity index (χ4v) is 4.75. The normalized spacial score (nSPS) is 14.8. The van der Waals surface area contributed by atoms with Crippen LogP contribution in [0.25, 0.3) is 10.7 Å². The Labute approximate surface area is 187 Å². The molecule has 1 amide bonds. The highest BCUT2D eigenvalue weighted by Gasteiger charge is 2.22. The van der Waals surface area contributed by atoms with Crippen molar-refractivity contribution in [1.29, 1.82) is 0 Å². The molecule has 1 aliphatic heterocycles. The van der Waals surface area contributed by atoms with Crippen molar-refractivity contribution in [2.75, 3.05) is 33.3 Å². The van der Waals surface area contributed by atoms with Crippen LogP contribution in [0.4, 0.5) is 0 Å². The van der Waals surface area contributed by atoms with Crippen LogP contribution in [-0.4, -0.2) is 59.1 Å². The van der Waals surface area contributed by atoms with Crippen molar-refractivity contribution in [3.8, 4) is 16.5 Å². The van der Waals surface area contributed by atoms with Crippen molar-refractivity contribution < 1.29 is 14.1 Å². The van der Waals surface area contributed by atoms with E-state index >= 15 is 0 Å². The Bertz CT molecular complexity index is 980. The molecule has 1 saturated heterocycles. The third kappa shape index (κ3) is 5.27. The van der Waals surface area contributed by atoms with Crippen molar-refractivity contribution in [2.24, 2.45) is 0 Å². The number of ether oxygens (including phenoxy) is 1. The van der Waals surface area contributed by atoms with E-state index in [1.165, 1.54) is 0 Å². The van der Waals surface area contributed by atoms with Gasteiger partial charge in [0.1, 0.15) is 5.75 Å². The smallest absolute Gasteiger partial charge is 0.241 e. The summed E-state index contributed by atoms with van der Waals surface area (Å²) in [4.78, 5) is 22.2. The highest BCUT2D eigenvalue weighted by atomic mass is 79.9. The Hall–Kier alpha value is -2.23. The lowest BCUT2D eigenvalue weighted by atomic mass is 10.1. The van der Waals surface area contributed by atoms with Gasteiger partial charge >= 0.3 is 0 Å².